The maximum Gasteiger partial charge on any atom is 0.533 e. The minimum Gasteiger partial charge on any atom is -0.441 e. The van der Waals surface area contributed by atoms with Crippen LogP contribution < -0.4 is 5.32 Å². The van der Waals surface area contributed by atoms with Crippen LogP contribution in [0.25, 0.3) is 6.08 Å². The molecule has 1 unspecified atom stereocenters. The predicted octanol–water partition coefficient (Wildman–Crippen LogP) is 5.26. The molecule has 12 heteroatoms. The van der Waals surface area contributed by atoms with Gasteiger partial charge in [-0.15, -0.1) is 0 Å². The molecule has 10 nitrogen and oxygen atoms in total. The zero-order valence-electron chi connectivity index (χ0n) is 22.9. The smallest absolute Gasteiger partial charge is 0.441 e. The van der Waals surface area contributed by atoms with E-state index in [-0.39, 0.29) is 19.4 Å². The van der Waals surface area contributed by atoms with Gasteiger partial charge in [0.25, 0.3) is 11.8 Å². The molecule has 1 aliphatic rings. The minimum absolute atomic E-state index is 0.0287. The summed E-state index contributed by atoms with van der Waals surface area (Å²) in [4.78, 5) is 51.6. The third-order valence-electron chi connectivity index (χ3n) is 5.95. The summed E-state index contributed by atoms with van der Waals surface area (Å²) in [7, 11) is 3.01. The molecule has 220 valence electrons. The Morgan fingerprint density at radius 3 is 2.41 bits per heavy atom. The van der Waals surface area contributed by atoms with Crippen molar-refractivity contribution in [3.8, 4) is 0 Å². The van der Waals surface area contributed by atoms with Gasteiger partial charge in [-0.3, -0.25) is 14.4 Å². The van der Waals surface area contributed by atoms with Gasteiger partial charge < -0.3 is 19.5 Å². The minimum atomic E-state index is -1.08. The van der Waals surface area contributed by atoms with Gasteiger partial charge in [-0.05, 0) is 23.6 Å². The van der Waals surface area contributed by atoms with Crippen LogP contribution in [0.1, 0.15) is 41.2 Å². The van der Waals surface area contributed by atoms with E-state index in [2.05, 4.69) is 16.7 Å². The van der Waals surface area contributed by atoms with Crippen LogP contribution >= 0.6 is 21.6 Å². The number of nitrogens with zero attached hydrogens (tertiary/aromatic N) is 1. The van der Waals surface area contributed by atoms with Crippen molar-refractivity contribution in [2.75, 3.05) is 37.9 Å². The average Bonchev–Trinajstić information content (AvgIpc) is 3.28. The highest BCUT2D eigenvalue weighted by Gasteiger charge is 2.33. The van der Waals surface area contributed by atoms with Crippen LogP contribution in [-0.2, 0) is 35.1 Å². The number of hydroxylamine groups is 2. The Balaban J connectivity index is 1.28. The molecular weight excluding hydrogens is 568 g/mol. The summed E-state index contributed by atoms with van der Waals surface area (Å²) >= 11 is 0. The van der Waals surface area contributed by atoms with Crippen LogP contribution in [0, 0.1) is 6.92 Å². The second-order valence-electron chi connectivity index (χ2n) is 8.81. The number of ether oxygens (including phenoxy) is 3. The Bertz CT molecular complexity index is 1190. The van der Waals surface area contributed by atoms with Crippen molar-refractivity contribution in [1.29, 1.82) is 0 Å². The maximum absolute atomic E-state index is 12.6. The molecule has 1 N–H and O–H groups in total. The summed E-state index contributed by atoms with van der Waals surface area (Å²) in [5.74, 6) is 0.0714. The van der Waals surface area contributed by atoms with E-state index in [4.69, 9.17) is 14.2 Å². The number of amides is 3. The molecule has 0 spiro atoms. The molecule has 1 aliphatic heterocycles. The number of alkyl carbamates (subject to hydrolysis) is 1. The average molecular weight is 603 g/mol. The van der Waals surface area contributed by atoms with Crippen molar-refractivity contribution in [2.24, 2.45) is 0 Å². The Morgan fingerprint density at radius 1 is 1.00 bits per heavy atom. The van der Waals surface area contributed by atoms with Gasteiger partial charge in [0.1, 0.15) is 12.7 Å². The molecule has 2 aromatic carbocycles. The van der Waals surface area contributed by atoms with Gasteiger partial charge >= 0.3 is 12.2 Å². The van der Waals surface area contributed by atoms with E-state index in [1.165, 1.54) is 21.6 Å². The van der Waals surface area contributed by atoms with Gasteiger partial charge in [0.2, 0.25) is 0 Å². The van der Waals surface area contributed by atoms with Crippen molar-refractivity contribution in [1.82, 2.24) is 10.4 Å². The lowest BCUT2D eigenvalue weighted by atomic mass is 9.95. The lowest BCUT2D eigenvalue weighted by molar-refractivity contribution is -0.176. The molecule has 0 radical (unpaired) electrons. The van der Waals surface area contributed by atoms with E-state index in [0.717, 1.165) is 22.3 Å². The summed E-state index contributed by atoms with van der Waals surface area (Å²) in [5.41, 5.74) is 4.04. The van der Waals surface area contributed by atoms with Gasteiger partial charge in [-0.2, -0.15) is 0 Å². The number of nitrogens with one attached hydrogen (secondary N) is 1. The monoisotopic (exact) mass is 602 g/mol. The van der Waals surface area contributed by atoms with E-state index in [9.17, 15) is 19.2 Å². The zero-order valence-corrected chi connectivity index (χ0v) is 24.5. The van der Waals surface area contributed by atoms with E-state index >= 15 is 0 Å². The van der Waals surface area contributed by atoms with Gasteiger partial charge in [-0.1, -0.05) is 87.8 Å². The Hall–Kier alpha value is -3.48. The summed E-state index contributed by atoms with van der Waals surface area (Å²) in [6, 6.07) is 15.8. The quantitative estimate of drug-likeness (QED) is 0.118. The molecule has 0 aromatic heterocycles. The Kier molecular flexibility index (Phi) is 13.6. The molecule has 1 heterocycles. The van der Waals surface area contributed by atoms with Crippen molar-refractivity contribution in [2.45, 2.75) is 32.3 Å². The highest BCUT2D eigenvalue weighted by Crippen LogP contribution is 2.27. The molecular formula is C29H34N2O8S2. The molecule has 1 saturated heterocycles. The maximum atomic E-state index is 12.6. The highest BCUT2D eigenvalue weighted by molar-refractivity contribution is 8.76. The molecule has 1 atom stereocenters. The van der Waals surface area contributed by atoms with E-state index in [0.29, 0.717) is 42.7 Å². The Labute approximate surface area is 247 Å². The van der Waals surface area contributed by atoms with Crippen LogP contribution in [0.2, 0.25) is 0 Å². The number of imide groups is 1. The highest BCUT2D eigenvalue weighted by atomic mass is 33.1. The Morgan fingerprint density at radius 2 is 1.68 bits per heavy atom. The second-order valence-corrected chi connectivity index (χ2v) is 11.5. The van der Waals surface area contributed by atoms with Crippen LogP contribution in [0.15, 0.2) is 55.1 Å². The topological polar surface area (TPSA) is 120 Å². The summed E-state index contributed by atoms with van der Waals surface area (Å²) in [6.07, 6.45) is 0.278. The van der Waals surface area contributed by atoms with Gasteiger partial charge in [-0.25, -0.2) is 9.59 Å². The van der Waals surface area contributed by atoms with Crippen LogP contribution in [0.5, 0.6) is 0 Å². The van der Waals surface area contributed by atoms with Gasteiger partial charge in [0.05, 0.1) is 13.2 Å². The fourth-order valence-corrected chi connectivity index (χ4v) is 5.56. The first kappa shape index (κ1) is 32.0. The first-order valence-electron chi connectivity index (χ1n) is 13.1. The number of aryl methyl sites for hydroxylation is 1. The van der Waals surface area contributed by atoms with Crippen LogP contribution in [0.4, 0.5) is 9.59 Å². The normalized spacial score (nSPS) is 13.5. The summed E-state index contributed by atoms with van der Waals surface area (Å²) in [6.45, 7) is 7.10. The number of carbonyl (C=O) groups excluding carboxylic acids is 4. The summed E-state index contributed by atoms with van der Waals surface area (Å²) in [5, 5.41) is 3.20. The molecule has 41 heavy (non-hydrogen) atoms. The lowest BCUT2D eigenvalue weighted by Crippen LogP contribution is -2.32. The number of benzene rings is 2. The van der Waals surface area contributed by atoms with E-state index in [1.54, 1.807) is 6.08 Å². The third kappa shape index (κ3) is 10.8. The molecule has 0 aliphatic carbocycles. The molecule has 2 aromatic rings. The molecule has 1 fully saturated rings. The van der Waals surface area contributed by atoms with Crippen LogP contribution in [-0.4, -0.2) is 67.0 Å². The van der Waals surface area contributed by atoms with E-state index in [1.807, 2.05) is 55.5 Å². The van der Waals surface area contributed by atoms with Crippen molar-refractivity contribution < 1.29 is 38.2 Å². The first-order chi connectivity index (χ1) is 19.9. The SMILES string of the molecule is C=Cc1ccccc1C(Cc1ccccc1C)OC(=O)NCCOCCSSCCOC(=O)ON1C(=O)CCC1=O. The standard InChI is InChI=1S/C29H34N2O8S2/c1-3-22-9-6-7-11-24(22)25(20-23-10-5-4-8-21(23)2)38-28(34)30-14-15-36-16-18-40-41-19-17-37-29(35)39-31-26(32)12-13-27(31)33/h3-11,25H,1,12-20H2,2H3,(H,30,34). The lowest BCUT2D eigenvalue weighted by Gasteiger charge is -2.21. The number of rotatable bonds is 16. The second kappa shape index (κ2) is 17.4. The molecule has 3 amide bonds. The summed E-state index contributed by atoms with van der Waals surface area (Å²) < 4.78 is 16.3. The predicted molar refractivity (Wildman–Crippen MR) is 158 cm³/mol. The van der Waals surface area contributed by atoms with Crippen molar-refractivity contribution in [3.63, 3.8) is 0 Å². The first-order valence-corrected chi connectivity index (χ1v) is 15.6. The fourth-order valence-electron chi connectivity index (χ4n) is 3.87. The van der Waals surface area contributed by atoms with E-state index < -0.39 is 30.2 Å². The van der Waals surface area contributed by atoms with Gasteiger partial charge in [0.15, 0.2) is 0 Å². The van der Waals surface area contributed by atoms with Crippen LogP contribution in [0.3, 0.4) is 0 Å². The number of hydrogen-bond acceptors (Lipinski definition) is 10. The molecule has 0 bridgehead atoms. The largest absolute Gasteiger partial charge is 0.533 e. The molecule has 0 saturated carbocycles. The van der Waals surface area contributed by atoms with Crippen molar-refractivity contribution >= 4 is 51.7 Å². The zero-order chi connectivity index (χ0) is 29.5. The number of carbonyl (C=O) groups is 4. The van der Waals surface area contributed by atoms with Gasteiger partial charge in [0, 0.05) is 42.9 Å². The number of hydrogen-bond donors (Lipinski definition) is 1. The fraction of sp³-hybridized carbons (Fsp3) is 0.379. The van der Waals surface area contributed by atoms with Crippen molar-refractivity contribution in [3.05, 3.63) is 77.4 Å². The third-order valence-corrected chi connectivity index (χ3v) is 8.28. The molecule has 3 rings (SSSR count).